The Bertz CT molecular complexity index is 979. The van der Waals surface area contributed by atoms with Crippen molar-refractivity contribution in [1.29, 1.82) is 0 Å². The molecule has 4 rings (SSSR count). The summed E-state index contributed by atoms with van der Waals surface area (Å²) in [5.74, 6) is 0. The number of halogens is 2. The highest BCUT2D eigenvalue weighted by Gasteiger charge is 2.45. The maximum absolute atomic E-state index is 12.6. The van der Waals surface area contributed by atoms with E-state index in [0.29, 0.717) is 26.3 Å². The molecule has 2 aromatic rings. The van der Waals surface area contributed by atoms with Crippen LogP contribution in [-0.2, 0) is 28.0 Å². The summed E-state index contributed by atoms with van der Waals surface area (Å²) in [5, 5.41) is 0. The summed E-state index contributed by atoms with van der Waals surface area (Å²) < 4.78 is 14.0. The molecule has 1 aliphatic heterocycles. The van der Waals surface area contributed by atoms with E-state index in [9.17, 15) is 4.79 Å². The predicted molar refractivity (Wildman–Crippen MR) is 137 cm³/mol. The van der Waals surface area contributed by atoms with Crippen LogP contribution in [0.25, 0.3) is 0 Å². The number of nitrogens with zero attached hydrogens (tertiary/aromatic N) is 2. The fourth-order valence-corrected chi connectivity index (χ4v) is 6.30. The number of amides is 1. The van der Waals surface area contributed by atoms with Gasteiger partial charge >= 0.3 is 6.09 Å². The van der Waals surface area contributed by atoms with Crippen molar-refractivity contribution in [2.75, 3.05) is 32.8 Å². The minimum atomic E-state index is -0.477. The topological polar surface area (TPSA) is 42.0 Å². The Morgan fingerprint density at radius 1 is 1.03 bits per heavy atom. The molecule has 1 atom stereocenters. The molecule has 1 aliphatic carbocycles. The van der Waals surface area contributed by atoms with Crippen LogP contribution in [0.2, 0.25) is 0 Å². The zero-order valence-corrected chi connectivity index (χ0v) is 22.7. The van der Waals surface area contributed by atoms with E-state index < -0.39 is 5.60 Å². The van der Waals surface area contributed by atoms with Crippen LogP contribution in [0.1, 0.15) is 43.9 Å². The molecule has 0 spiro atoms. The van der Waals surface area contributed by atoms with Crippen molar-refractivity contribution in [3.8, 4) is 0 Å². The minimum absolute atomic E-state index is 0.167. The van der Waals surface area contributed by atoms with Crippen molar-refractivity contribution in [3.05, 3.63) is 68.1 Å². The number of ether oxygens (including phenoxy) is 2. The summed E-state index contributed by atoms with van der Waals surface area (Å²) >= 11 is 7.13. The Kier molecular flexibility index (Phi) is 7.53. The Balaban J connectivity index is 1.48. The number of hydrogen-bond donors (Lipinski definition) is 0. The molecule has 1 saturated heterocycles. The molecule has 33 heavy (non-hydrogen) atoms. The van der Waals surface area contributed by atoms with Gasteiger partial charge in [-0.2, -0.15) is 0 Å². The highest BCUT2D eigenvalue weighted by atomic mass is 79.9. The second-order valence-corrected chi connectivity index (χ2v) is 11.7. The van der Waals surface area contributed by atoms with E-state index >= 15 is 0 Å². The predicted octanol–water partition coefficient (Wildman–Crippen LogP) is 6.12. The van der Waals surface area contributed by atoms with Crippen LogP contribution < -0.4 is 0 Å². The first-order valence-electron chi connectivity index (χ1n) is 11.5. The largest absolute Gasteiger partial charge is 0.444 e. The van der Waals surface area contributed by atoms with Crippen LogP contribution in [0.5, 0.6) is 0 Å². The summed E-state index contributed by atoms with van der Waals surface area (Å²) in [7, 11) is 0. The van der Waals surface area contributed by atoms with E-state index in [1.807, 2.05) is 31.7 Å². The number of aryl methyl sites for hydroxylation is 1. The Morgan fingerprint density at radius 3 is 2.36 bits per heavy atom. The molecule has 0 radical (unpaired) electrons. The van der Waals surface area contributed by atoms with Crippen LogP contribution in [0.4, 0.5) is 4.79 Å². The first-order chi connectivity index (χ1) is 15.7. The highest BCUT2D eigenvalue weighted by molar-refractivity contribution is 9.11. The number of carbonyl (C=O) groups is 1. The molecule has 1 unspecified atom stereocenters. The van der Waals surface area contributed by atoms with Gasteiger partial charge < -0.3 is 14.4 Å². The van der Waals surface area contributed by atoms with Gasteiger partial charge in [0.25, 0.3) is 0 Å². The lowest BCUT2D eigenvalue weighted by molar-refractivity contribution is -0.0441. The van der Waals surface area contributed by atoms with Crippen LogP contribution in [0.15, 0.2) is 51.4 Å². The normalized spacial score (nSPS) is 21.2. The molecule has 0 aromatic heterocycles. The van der Waals surface area contributed by atoms with E-state index in [4.69, 9.17) is 9.47 Å². The van der Waals surface area contributed by atoms with E-state index in [1.165, 1.54) is 11.1 Å². The number of benzene rings is 2. The van der Waals surface area contributed by atoms with Gasteiger partial charge in [-0.3, -0.25) is 4.90 Å². The smallest absolute Gasteiger partial charge is 0.410 e. The monoisotopic (exact) mass is 578 g/mol. The molecule has 0 saturated carbocycles. The lowest BCUT2D eigenvalue weighted by Crippen LogP contribution is -2.58. The fraction of sp³-hybridized carbons (Fsp3) is 0.500. The van der Waals surface area contributed by atoms with Crippen molar-refractivity contribution in [2.45, 2.75) is 51.4 Å². The molecule has 0 N–H and O–H groups in total. The zero-order chi connectivity index (χ0) is 23.6. The number of fused-ring (bicyclic) bond motifs is 1. The van der Waals surface area contributed by atoms with Crippen LogP contribution in [0, 0.1) is 0 Å². The molecule has 5 nitrogen and oxygen atoms in total. The molecule has 2 aromatic carbocycles. The van der Waals surface area contributed by atoms with Gasteiger partial charge in [0.05, 0.1) is 18.8 Å². The van der Waals surface area contributed by atoms with E-state index in [2.05, 4.69) is 73.2 Å². The molecule has 178 valence electrons. The van der Waals surface area contributed by atoms with Gasteiger partial charge in [-0.1, -0.05) is 56.1 Å². The molecule has 1 amide bonds. The first kappa shape index (κ1) is 24.7. The second kappa shape index (κ2) is 10.1. The SMILES string of the molecule is CC(C)(C)OC(=O)N1CCN(C2(COCc3cc(Br)cc(Br)c3)CCc3ccccc32)CC1. The number of hydrogen-bond acceptors (Lipinski definition) is 4. The summed E-state index contributed by atoms with van der Waals surface area (Å²) in [6.45, 7) is 9.85. The van der Waals surface area contributed by atoms with Gasteiger partial charge in [0, 0.05) is 35.1 Å². The number of piperazine rings is 1. The summed E-state index contributed by atoms with van der Waals surface area (Å²) in [6.07, 6.45) is 1.86. The van der Waals surface area contributed by atoms with Gasteiger partial charge in [-0.05, 0) is 68.5 Å². The average molecular weight is 580 g/mol. The second-order valence-electron chi connectivity index (χ2n) is 9.91. The molecular weight excluding hydrogens is 548 g/mol. The fourth-order valence-electron chi connectivity index (χ4n) is 4.91. The van der Waals surface area contributed by atoms with Crippen LogP contribution in [0.3, 0.4) is 0 Å². The molecule has 0 bridgehead atoms. The third kappa shape index (κ3) is 5.81. The Hall–Kier alpha value is -1.41. The van der Waals surface area contributed by atoms with E-state index in [-0.39, 0.29) is 11.6 Å². The Labute approximate surface area is 213 Å². The third-order valence-corrected chi connectivity index (χ3v) is 7.31. The maximum atomic E-state index is 12.6. The van der Waals surface area contributed by atoms with E-state index in [1.54, 1.807) is 0 Å². The highest BCUT2D eigenvalue weighted by Crippen LogP contribution is 2.42. The van der Waals surface area contributed by atoms with Gasteiger partial charge in [0.15, 0.2) is 0 Å². The number of carbonyl (C=O) groups excluding carboxylic acids is 1. The van der Waals surface area contributed by atoms with Crippen molar-refractivity contribution in [1.82, 2.24) is 9.80 Å². The third-order valence-electron chi connectivity index (χ3n) is 6.40. The zero-order valence-electron chi connectivity index (χ0n) is 19.6. The summed E-state index contributed by atoms with van der Waals surface area (Å²) in [4.78, 5) is 16.9. The summed E-state index contributed by atoms with van der Waals surface area (Å²) in [5.41, 5.74) is 3.26. The standard InChI is InChI=1S/C26H32Br2N2O3/c1-25(2,3)33-24(31)29-10-12-30(13-11-29)26(9-8-20-6-4-5-7-23(20)26)18-32-17-19-14-21(27)16-22(28)15-19/h4-7,14-16H,8-13,17-18H2,1-3H3. The van der Waals surface area contributed by atoms with E-state index in [0.717, 1.165) is 40.4 Å². The molecule has 2 aliphatic rings. The maximum Gasteiger partial charge on any atom is 0.410 e. The minimum Gasteiger partial charge on any atom is -0.444 e. The Morgan fingerprint density at radius 2 is 1.70 bits per heavy atom. The van der Waals surface area contributed by atoms with Crippen LogP contribution >= 0.6 is 31.9 Å². The molecule has 1 fully saturated rings. The van der Waals surface area contributed by atoms with Crippen molar-refractivity contribution < 1.29 is 14.3 Å². The van der Waals surface area contributed by atoms with Gasteiger partial charge in [-0.25, -0.2) is 4.79 Å². The van der Waals surface area contributed by atoms with Gasteiger partial charge in [-0.15, -0.1) is 0 Å². The lowest BCUT2D eigenvalue weighted by atomic mass is 9.89. The molecule has 1 heterocycles. The molecular formula is C26H32Br2N2O3. The summed E-state index contributed by atoms with van der Waals surface area (Å²) in [6, 6.07) is 15.0. The van der Waals surface area contributed by atoms with Gasteiger partial charge in [0.1, 0.15) is 5.60 Å². The lowest BCUT2D eigenvalue weighted by Gasteiger charge is -2.46. The number of rotatable bonds is 5. The van der Waals surface area contributed by atoms with Gasteiger partial charge in [0.2, 0.25) is 0 Å². The van der Waals surface area contributed by atoms with Crippen molar-refractivity contribution >= 4 is 38.0 Å². The van der Waals surface area contributed by atoms with Crippen molar-refractivity contribution in [3.63, 3.8) is 0 Å². The average Bonchev–Trinajstić information content (AvgIpc) is 3.12. The first-order valence-corrected chi connectivity index (χ1v) is 13.1. The quantitative estimate of drug-likeness (QED) is 0.428. The molecule has 7 heteroatoms. The van der Waals surface area contributed by atoms with Crippen LogP contribution in [-0.4, -0.2) is 54.3 Å². The van der Waals surface area contributed by atoms with Crippen molar-refractivity contribution in [2.24, 2.45) is 0 Å².